The number of carbonyl (C=O) groups is 1. The van der Waals surface area contributed by atoms with Gasteiger partial charge in [0.25, 0.3) is 0 Å². The molecule has 0 atom stereocenters. The van der Waals surface area contributed by atoms with E-state index in [9.17, 15) is 9.59 Å². The molecule has 2 amide bonds. The number of carbonyl (C=O) groups excluding carboxylic acids is 1. The standard InChI is InChI=1S/C20H21N5O2/c1-14-5-4-6-15-18(14)22-13-16(19(15)26)23-20(27)25-11-9-24(10-12-25)17-7-2-3-8-21-17/h2-8,13H,9-12H2,1H3,(H,22,26)(H,23,27). The van der Waals surface area contributed by atoms with Gasteiger partial charge in [-0.25, -0.2) is 9.78 Å². The Morgan fingerprint density at radius 3 is 2.67 bits per heavy atom. The number of nitrogens with one attached hydrogen (secondary N) is 2. The number of aryl methyl sites for hydroxylation is 1. The minimum absolute atomic E-state index is 0.173. The number of hydrogen-bond donors (Lipinski definition) is 2. The number of nitrogens with zero attached hydrogens (tertiary/aromatic N) is 3. The number of aromatic nitrogens is 2. The highest BCUT2D eigenvalue weighted by Crippen LogP contribution is 2.16. The van der Waals surface area contributed by atoms with E-state index in [1.165, 1.54) is 0 Å². The van der Waals surface area contributed by atoms with Crippen LogP contribution in [-0.2, 0) is 0 Å². The van der Waals surface area contributed by atoms with Gasteiger partial charge in [-0.15, -0.1) is 0 Å². The predicted octanol–water partition coefficient (Wildman–Crippen LogP) is 2.59. The van der Waals surface area contributed by atoms with Gasteiger partial charge in [0.05, 0.1) is 5.52 Å². The molecule has 1 aliphatic rings. The molecule has 0 aliphatic carbocycles. The van der Waals surface area contributed by atoms with E-state index in [1.807, 2.05) is 37.3 Å². The van der Waals surface area contributed by atoms with Crippen molar-refractivity contribution in [1.82, 2.24) is 14.9 Å². The van der Waals surface area contributed by atoms with Gasteiger partial charge in [0.1, 0.15) is 11.5 Å². The normalized spacial score (nSPS) is 14.4. The Hall–Kier alpha value is -3.35. The lowest BCUT2D eigenvalue weighted by atomic mass is 10.1. The quantitative estimate of drug-likeness (QED) is 0.733. The average molecular weight is 363 g/mol. The van der Waals surface area contributed by atoms with Crippen LogP contribution in [0.2, 0.25) is 0 Å². The molecule has 1 fully saturated rings. The van der Waals surface area contributed by atoms with Gasteiger partial charge < -0.3 is 20.1 Å². The molecule has 7 heteroatoms. The first kappa shape index (κ1) is 17.1. The van der Waals surface area contributed by atoms with Gasteiger partial charge in [-0.2, -0.15) is 0 Å². The number of anilines is 2. The molecule has 7 nitrogen and oxygen atoms in total. The number of benzene rings is 1. The highest BCUT2D eigenvalue weighted by Gasteiger charge is 2.22. The zero-order chi connectivity index (χ0) is 18.8. The Kier molecular flexibility index (Phi) is 4.50. The highest BCUT2D eigenvalue weighted by molar-refractivity contribution is 5.92. The van der Waals surface area contributed by atoms with Gasteiger partial charge in [0, 0.05) is 44.0 Å². The van der Waals surface area contributed by atoms with E-state index in [1.54, 1.807) is 23.4 Å². The summed E-state index contributed by atoms with van der Waals surface area (Å²) in [6, 6.07) is 11.1. The van der Waals surface area contributed by atoms with Crippen LogP contribution in [0.5, 0.6) is 0 Å². The van der Waals surface area contributed by atoms with Crippen LogP contribution in [0.25, 0.3) is 10.9 Å². The van der Waals surface area contributed by atoms with Crippen LogP contribution < -0.4 is 15.6 Å². The summed E-state index contributed by atoms with van der Waals surface area (Å²) in [6.45, 7) is 4.51. The maximum Gasteiger partial charge on any atom is 0.322 e. The second-order valence-corrected chi connectivity index (χ2v) is 6.62. The molecule has 3 aromatic rings. The number of fused-ring (bicyclic) bond motifs is 1. The van der Waals surface area contributed by atoms with Crippen LogP contribution in [0.4, 0.5) is 16.3 Å². The Morgan fingerprint density at radius 2 is 1.93 bits per heavy atom. The molecule has 0 spiro atoms. The molecule has 1 aliphatic heterocycles. The van der Waals surface area contributed by atoms with Crippen molar-refractivity contribution in [3.05, 3.63) is 64.6 Å². The molecule has 3 heterocycles. The SMILES string of the molecule is Cc1cccc2c(=O)c(NC(=O)N3CCN(c4ccccn4)CC3)c[nH]c12. The Labute approximate surface area is 156 Å². The van der Waals surface area contributed by atoms with Crippen LogP contribution in [0.3, 0.4) is 0 Å². The van der Waals surface area contributed by atoms with Crippen molar-refractivity contribution >= 4 is 28.4 Å². The van der Waals surface area contributed by atoms with Crippen molar-refractivity contribution < 1.29 is 4.79 Å². The lowest BCUT2D eigenvalue weighted by molar-refractivity contribution is 0.208. The number of hydrogen-bond acceptors (Lipinski definition) is 4. The summed E-state index contributed by atoms with van der Waals surface area (Å²) in [5, 5.41) is 3.33. The lowest BCUT2D eigenvalue weighted by Gasteiger charge is -2.35. The van der Waals surface area contributed by atoms with Crippen LogP contribution in [-0.4, -0.2) is 47.1 Å². The summed E-state index contributed by atoms with van der Waals surface area (Å²) >= 11 is 0. The first-order valence-corrected chi connectivity index (χ1v) is 8.96. The molecule has 138 valence electrons. The first-order chi connectivity index (χ1) is 13.1. The number of H-pyrrole nitrogens is 1. The molecule has 0 unspecified atom stereocenters. The molecule has 2 N–H and O–H groups in total. The summed E-state index contributed by atoms with van der Waals surface area (Å²) in [7, 11) is 0. The fourth-order valence-electron chi connectivity index (χ4n) is 3.37. The largest absolute Gasteiger partial charge is 0.359 e. The molecule has 27 heavy (non-hydrogen) atoms. The van der Waals surface area contributed by atoms with Crippen LogP contribution in [0, 0.1) is 6.92 Å². The van der Waals surface area contributed by atoms with Gasteiger partial charge in [-0.1, -0.05) is 18.2 Å². The summed E-state index contributed by atoms with van der Waals surface area (Å²) < 4.78 is 0. The molecule has 4 rings (SSSR count). The van der Waals surface area contributed by atoms with Crippen molar-refractivity contribution in [2.75, 3.05) is 36.4 Å². The minimum Gasteiger partial charge on any atom is -0.359 e. The maximum absolute atomic E-state index is 12.7. The van der Waals surface area contributed by atoms with Crippen molar-refractivity contribution in [3.63, 3.8) is 0 Å². The molecule has 0 radical (unpaired) electrons. The van der Waals surface area contributed by atoms with E-state index in [0.717, 1.165) is 16.9 Å². The van der Waals surface area contributed by atoms with Crippen LogP contribution in [0.15, 0.2) is 53.6 Å². The predicted molar refractivity (Wildman–Crippen MR) is 106 cm³/mol. The number of amides is 2. The zero-order valence-electron chi connectivity index (χ0n) is 15.1. The third-order valence-electron chi connectivity index (χ3n) is 4.90. The molecule has 0 bridgehead atoms. The Bertz CT molecular complexity index is 1020. The molecular weight excluding hydrogens is 342 g/mol. The number of rotatable bonds is 2. The van der Waals surface area contributed by atoms with Crippen LogP contribution >= 0.6 is 0 Å². The second-order valence-electron chi connectivity index (χ2n) is 6.62. The van der Waals surface area contributed by atoms with Gasteiger partial charge in [0.2, 0.25) is 5.43 Å². The second kappa shape index (κ2) is 7.11. The Morgan fingerprint density at radius 1 is 1.11 bits per heavy atom. The van der Waals surface area contributed by atoms with Gasteiger partial charge in [-0.3, -0.25) is 4.79 Å². The highest BCUT2D eigenvalue weighted by atomic mass is 16.2. The molecule has 1 aromatic carbocycles. The van der Waals surface area contributed by atoms with E-state index >= 15 is 0 Å². The topological polar surface area (TPSA) is 81.3 Å². The molecule has 0 saturated carbocycles. The minimum atomic E-state index is -0.256. The van der Waals surface area contributed by atoms with E-state index in [4.69, 9.17) is 0 Å². The van der Waals surface area contributed by atoms with E-state index < -0.39 is 0 Å². The summed E-state index contributed by atoms with van der Waals surface area (Å²) in [5.41, 5.74) is 1.88. The van der Waals surface area contributed by atoms with Gasteiger partial charge in [-0.05, 0) is 30.7 Å². The smallest absolute Gasteiger partial charge is 0.322 e. The summed E-state index contributed by atoms with van der Waals surface area (Å²) in [6.07, 6.45) is 3.34. The average Bonchev–Trinajstić information content (AvgIpc) is 2.71. The van der Waals surface area contributed by atoms with Crippen molar-refractivity contribution in [3.8, 4) is 0 Å². The number of piperazine rings is 1. The first-order valence-electron chi connectivity index (χ1n) is 8.96. The number of pyridine rings is 2. The van der Waals surface area contributed by atoms with Gasteiger partial charge in [0.15, 0.2) is 0 Å². The number of aromatic amines is 1. The van der Waals surface area contributed by atoms with Crippen molar-refractivity contribution in [2.24, 2.45) is 0 Å². The lowest BCUT2D eigenvalue weighted by Crippen LogP contribution is -2.50. The molecule has 1 saturated heterocycles. The monoisotopic (exact) mass is 363 g/mol. The van der Waals surface area contributed by atoms with Gasteiger partial charge >= 0.3 is 6.03 Å². The fourth-order valence-corrected chi connectivity index (χ4v) is 3.37. The van der Waals surface area contributed by atoms with Crippen LogP contribution in [0.1, 0.15) is 5.56 Å². The zero-order valence-corrected chi connectivity index (χ0v) is 15.1. The summed E-state index contributed by atoms with van der Waals surface area (Å²) in [5.74, 6) is 0.916. The van der Waals surface area contributed by atoms with E-state index in [2.05, 4.69) is 20.2 Å². The molecule has 2 aromatic heterocycles. The third kappa shape index (κ3) is 3.36. The Balaban J connectivity index is 1.45. The van der Waals surface area contributed by atoms with E-state index in [0.29, 0.717) is 31.6 Å². The fraction of sp³-hybridized carbons (Fsp3) is 0.250. The third-order valence-corrected chi connectivity index (χ3v) is 4.90. The van der Waals surface area contributed by atoms with E-state index in [-0.39, 0.29) is 17.1 Å². The number of urea groups is 1. The summed E-state index contributed by atoms with van der Waals surface area (Å²) in [4.78, 5) is 36.6. The maximum atomic E-state index is 12.7. The van der Waals surface area contributed by atoms with Crippen molar-refractivity contribution in [1.29, 1.82) is 0 Å². The van der Waals surface area contributed by atoms with Crippen molar-refractivity contribution in [2.45, 2.75) is 6.92 Å². The molecular formula is C20H21N5O2. The number of para-hydroxylation sites is 1.